The molecule has 4 rings (SSSR count). The second-order valence-corrected chi connectivity index (χ2v) is 7.57. The smallest absolute Gasteiger partial charge is 0.354 e. The summed E-state index contributed by atoms with van der Waals surface area (Å²) >= 11 is 5.99. The number of benzene rings is 1. The van der Waals surface area contributed by atoms with Crippen molar-refractivity contribution in [2.45, 2.75) is 19.0 Å². The third kappa shape index (κ3) is 4.79. The van der Waals surface area contributed by atoms with Crippen LogP contribution >= 0.6 is 11.6 Å². The maximum absolute atomic E-state index is 13.0. The maximum Gasteiger partial charge on any atom is 0.416 e. The zero-order chi connectivity index (χ0) is 22.0. The van der Waals surface area contributed by atoms with Crippen molar-refractivity contribution in [1.82, 2.24) is 20.0 Å². The third-order valence-electron chi connectivity index (χ3n) is 5.04. The van der Waals surface area contributed by atoms with Crippen LogP contribution in [0.2, 0.25) is 5.02 Å². The van der Waals surface area contributed by atoms with Crippen molar-refractivity contribution < 1.29 is 18.0 Å². The van der Waals surface area contributed by atoms with Gasteiger partial charge in [-0.25, -0.2) is 4.68 Å². The van der Waals surface area contributed by atoms with Crippen LogP contribution in [0, 0.1) is 5.92 Å². The first-order chi connectivity index (χ1) is 14.8. The molecule has 11 heteroatoms. The van der Waals surface area contributed by atoms with Crippen molar-refractivity contribution in [2.75, 3.05) is 23.3 Å². The lowest BCUT2D eigenvalue weighted by Crippen LogP contribution is -2.41. The molecule has 3 aromatic rings. The highest BCUT2D eigenvalue weighted by Crippen LogP contribution is 2.34. The summed E-state index contributed by atoms with van der Waals surface area (Å²) in [7, 11) is 0. The topological polar surface area (TPSA) is 75.9 Å². The lowest BCUT2D eigenvalue weighted by atomic mass is 9.97. The zero-order valence-corrected chi connectivity index (χ0v) is 16.9. The molecular weight excluding hydrogens is 433 g/mol. The molecule has 0 spiro atoms. The van der Waals surface area contributed by atoms with Crippen LogP contribution in [-0.2, 0) is 11.0 Å². The highest BCUT2D eigenvalue weighted by atomic mass is 35.5. The van der Waals surface area contributed by atoms with Gasteiger partial charge in [0.25, 0.3) is 0 Å². The van der Waals surface area contributed by atoms with Gasteiger partial charge in [0, 0.05) is 25.5 Å². The van der Waals surface area contributed by atoms with Gasteiger partial charge in [-0.15, -0.1) is 10.2 Å². The molecular formula is C20H18ClF3N6O. The number of aromatic nitrogens is 4. The van der Waals surface area contributed by atoms with Crippen LogP contribution in [0.5, 0.6) is 0 Å². The van der Waals surface area contributed by atoms with Gasteiger partial charge in [0.1, 0.15) is 0 Å². The fraction of sp³-hybridized carbons (Fsp3) is 0.300. The van der Waals surface area contributed by atoms with E-state index in [1.54, 1.807) is 35.3 Å². The molecule has 1 saturated heterocycles. The molecule has 0 aliphatic carbocycles. The van der Waals surface area contributed by atoms with E-state index in [-0.39, 0.29) is 16.6 Å². The Kier molecular flexibility index (Phi) is 5.81. The second-order valence-electron chi connectivity index (χ2n) is 7.17. The van der Waals surface area contributed by atoms with Gasteiger partial charge in [-0.1, -0.05) is 11.6 Å². The molecule has 0 saturated carbocycles. The quantitative estimate of drug-likeness (QED) is 0.645. The molecule has 31 heavy (non-hydrogen) atoms. The Morgan fingerprint density at radius 1 is 1.16 bits per heavy atom. The number of alkyl halides is 3. The van der Waals surface area contributed by atoms with Gasteiger partial charge in [0.05, 0.1) is 22.2 Å². The van der Waals surface area contributed by atoms with Crippen LogP contribution in [0.3, 0.4) is 0 Å². The minimum atomic E-state index is -4.52. The third-order valence-corrected chi connectivity index (χ3v) is 5.37. The van der Waals surface area contributed by atoms with Gasteiger partial charge in [0.2, 0.25) is 5.91 Å². The van der Waals surface area contributed by atoms with Crippen LogP contribution in [0.1, 0.15) is 18.4 Å². The number of amides is 1. The Hall–Kier alpha value is -3.14. The molecule has 1 fully saturated rings. The van der Waals surface area contributed by atoms with Gasteiger partial charge in [0.15, 0.2) is 11.6 Å². The Bertz CT molecular complexity index is 1060. The first-order valence-corrected chi connectivity index (χ1v) is 9.95. The average Bonchev–Trinajstić information content (AvgIpc) is 3.30. The van der Waals surface area contributed by atoms with Crippen LogP contribution < -0.4 is 10.2 Å². The van der Waals surface area contributed by atoms with E-state index >= 15 is 0 Å². The Balaban J connectivity index is 1.44. The van der Waals surface area contributed by atoms with Crippen LogP contribution in [0.4, 0.5) is 24.7 Å². The number of anilines is 2. The van der Waals surface area contributed by atoms with E-state index in [0.29, 0.717) is 31.1 Å². The SMILES string of the molecule is O=C(Nc1cc(C(F)(F)F)ccc1Cl)C1CCCN(c2ccc(-n3cccn3)nn2)C1. The molecule has 3 heterocycles. The molecule has 0 radical (unpaired) electrons. The van der Waals surface area contributed by atoms with E-state index in [2.05, 4.69) is 20.6 Å². The maximum atomic E-state index is 13.0. The van der Waals surface area contributed by atoms with Crippen LogP contribution in [-0.4, -0.2) is 39.0 Å². The number of hydrogen-bond donors (Lipinski definition) is 1. The minimum absolute atomic E-state index is 0.0501. The first-order valence-electron chi connectivity index (χ1n) is 9.57. The van der Waals surface area contributed by atoms with E-state index in [9.17, 15) is 18.0 Å². The fourth-order valence-corrected chi connectivity index (χ4v) is 3.61. The molecule has 1 aliphatic rings. The molecule has 2 aromatic heterocycles. The Morgan fingerprint density at radius 3 is 2.61 bits per heavy atom. The van der Waals surface area contributed by atoms with Gasteiger partial charge >= 0.3 is 6.18 Å². The summed E-state index contributed by atoms with van der Waals surface area (Å²) in [5.41, 5.74) is -0.924. The van der Waals surface area contributed by atoms with Crippen molar-refractivity contribution in [1.29, 1.82) is 0 Å². The van der Waals surface area contributed by atoms with Gasteiger partial charge in [-0.2, -0.15) is 18.3 Å². The molecule has 7 nitrogen and oxygen atoms in total. The number of rotatable bonds is 4. The Morgan fingerprint density at radius 2 is 1.94 bits per heavy atom. The second kappa shape index (κ2) is 8.54. The van der Waals surface area contributed by atoms with E-state index in [4.69, 9.17) is 11.6 Å². The molecule has 1 aromatic carbocycles. The van der Waals surface area contributed by atoms with Crippen molar-refractivity contribution in [2.24, 2.45) is 5.92 Å². The highest BCUT2D eigenvalue weighted by molar-refractivity contribution is 6.33. The summed E-state index contributed by atoms with van der Waals surface area (Å²) in [5.74, 6) is 0.378. The summed E-state index contributed by atoms with van der Waals surface area (Å²) in [5, 5.41) is 15.1. The lowest BCUT2D eigenvalue weighted by molar-refractivity contribution is -0.137. The predicted octanol–water partition coefficient (Wildman–Crippen LogP) is 4.19. The number of hydrogen-bond acceptors (Lipinski definition) is 5. The lowest BCUT2D eigenvalue weighted by Gasteiger charge is -2.32. The molecule has 1 N–H and O–H groups in total. The summed E-state index contributed by atoms with van der Waals surface area (Å²) in [6.07, 6.45) is 0.214. The molecule has 1 unspecified atom stereocenters. The fourth-order valence-electron chi connectivity index (χ4n) is 3.44. The molecule has 1 atom stereocenters. The average molecular weight is 451 g/mol. The number of carbonyl (C=O) groups is 1. The van der Waals surface area contributed by atoms with E-state index in [1.165, 1.54) is 0 Å². The van der Waals surface area contributed by atoms with Crippen molar-refractivity contribution >= 4 is 29.0 Å². The predicted molar refractivity (Wildman–Crippen MR) is 109 cm³/mol. The minimum Gasteiger partial charge on any atom is -0.354 e. The summed E-state index contributed by atoms with van der Waals surface area (Å²) in [6, 6.07) is 8.21. The molecule has 0 bridgehead atoms. The monoisotopic (exact) mass is 450 g/mol. The largest absolute Gasteiger partial charge is 0.416 e. The van der Waals surface area contributed by atoms with Crippen LogP contribution in [0.25, 0.3) is 5.82 Å². The summed E-state index contributed by atoms with van der Waals surface area (Å²) < 4.78 is 40.5. The number of piperidine rings is 1. The van der Waals surface area contributed by atoms with Crippen molar-refractivity contribution in [3.8, 4) is 5.82 Å². The highest BCUT2D eigenvalue weighted by Gasteiger charge is 2.32. The molecule has 1 amide bonds. The number of nitrogens with zero attached hydrogens (tertiary/aromatic N) is 5. The van der Waals surface area contributed by atoms with E-state index in [0.717, 1.165) is 24.6 Å². The van der Waals surface area contributed by atoms with Gasteiger partial charge < -0.3 is 10.2 Å². The molecule has 162 valence electrons. The number of nitrogens with one attached hydrogen (secondary N) is 1. The first kappa shape index (κ1) is 21.1. The summed E-state index contributed by atoms with van der Waals surface area (Å²) in [6.45, 7) is 1.07. The number of carbonyl (C=O) groups excluding carboxylic acids is 1. The van der Waals surface area contributed by atoms with E-state index < -0.39 is 17.7 Å². The van der Waals surface area contributed by atoms with E-state index in [1.807, 2.05) is 4.90 Å². The van der Waals surface area contributed by atoms with Gasteiger partial charge in [-0.05, 0) is 49.2 Å². The van der Waals surface area contributed by atoms with Crippen LogP contribution in [0.15, 0.2) is 48.8 Å². The Labute approximate surface area is 180 Å². The van der Waals surface area contributed by atoms with Crippen molar-refractivity contribution in [3.05, 3.63) is 59.4 Å². The zero-order valence-electron chi connectivity index (χ0n) is 16.2. The van der Waals surface area contributed by atoms with Crippen molar-refractivity contribution in [3.63, 3.8) is 0 Å². The normalized spacial score (nSPS) is 16.9. The molecule has 1 aliphatic heterocycles. The summed E-state index contributed by atoms with van der Waals surface area (Å²) in [4.78, 5) is 14.7. The van der Waals surface area contributed by atoms with Gasteiger partial charge in [-0.3, -0.25) is 4.79 Å². The number of halogens is 4. The standard InChI is InChI=1S/C20H18ClF3N6O/c21-15-5-4-14(20(22,23)24)11-16(15)26-19(31)13-3-1-9-29(12-13)17-6-7-18(28-27-17)30-10-2-8-25-30/h2,4-8,10-11,13H,1,3,9,12H2,(H,26,31).